The standard InChI is InChI=1S/C20H23FN10O8P2S3/c21-8-11(32)6(39-18(8)30-4-26-9-14(22)24-3-25-15(9)30)1-38-41(36,43)13-12(33)7(2-37-40(35)42)44-19(13)31-5-27-10-16(31)28-20(23)29-17(10)34/h3-8,11-13,18-19,32-33H,1-2H2,(H6-,22,23,24,25,28,29,34,35,36,42,43)/p+1/t6-,7-,8+,11-,12-,13-,18-,19-,41?/m1/s1. The predicted molar refractivity (Wildman–Crippen MR) is 162 cm³/mol. The number of hydrogen-bond donors (Lipinski definition) is 7. The van der Waals surface area contributed by atoms with E-state index in [1.54, 1.807) is 0 Å². The molecule has 2 aliphatic heterocycles. The minimum atomic E-state index is -4.05. The molecule has 6 heterocycles. The van der Waals surface area contributed by atoms with E-state index in [-0.39, 0.29) is 40.7 Å². The van der Waals surface area contributed by atoms with Crippen LogP contribution < -0.4 is 17.0 Å². The van der Waals surface area contributed by atoms with Crippen LogP contribution in [0.25, 0.3) is 22.3 Å². The number of nitrogens with zero attached hydrogens (tertiary/aromatic N) is 7. The fourth-order valence-electron chi connectivity index (χ4n) is 5.11. The molecule has 8 N–H and O–H groups in total. The molecule has 2 saturated heterocycles. The number of nitrogens with two attached hydrogens (primary N) is 2. The number of thioether (sulfide) groups is 1. The lowest BCUT2D eigenvalue weighted by Gasteiger charge is -2.30. The van der Waals surface area contributed by atoms with Crippen molar-refractivity contribution in [3.8, 4) is 0 Å². The van der Waals surface area contributed by atoms with E-state index < -0.39 is 72.9 Å². The normalized spacial score (nSPS) is 30.7. The maximum atomic E-state index is 15.3. The smallest absolute Gasteiger partial charge is 0.391 e. The number of halogens is 1. The number of ether oxygens (including phenoxy) is 1. The Kier molecular flexibility index (Phi) is 8.70. The first kappa shape index (κ1) is 31.6. The van der Waals surface area contributed by atoms with E-state index in [4.69, 9.17) is 37.1 Å². The highest BCUT2D eigenvalue weighted by Gasteiger charge is 2.54. The molecule has 0 saturated carbocycles. The number of thiol groups is 1. The second-order valence-electron chi connectivity index (χ2n) is 9.80. The SMILES string of the molecule is Nc1nc2c(ncn2[C@@H]2S[C@H](CO[P+](=O)S)[C@@H](O)[C@H]2P(O)(=S)OC[C@H]2O[C@@H](n3cnc4c(N)ncnc43)[C@@H](F)[C@@H]2O)c(=O)[nH]1. The number of nitrogen functional groups attached to an aromatic ring is 2. The first-order valence-electron chi connectivity index (χ1n) is 12.6. The number of imidazole rings is 2. The average Bonchev–Trinajstić information content (AvgIpc) is 3.72. The van der Waals surface area contributed by atoms with Crippen LogP contribution in [0, 0.1) is 0 Å². The van der Waals surface area contributed by atoms with E-state index in [0.29, 0.717) is 0 Å². The number of alkyl halides is 1. The molecule has 18 nitrogen and oxygen atoms in total. The fourth-order valence-corrected chi connectivity index (χ4v) is 10.7. The Morgan fingerprint density at radius 2 is 1.89 bits per heavy atom. The molecule has 0 spiro atoms. The summed E-state index contributed by atoms with van der Waals surface area (Å²) in [6.45, 7) is -4.85. The number of aromatic nitrogens is 8. The Bertz CT molecular complexity index is 1850. The highest BCUT2D eigenvalue weighted by atomic mass is 32.7. The second-order valence-corrected chi connectivity index (χ2v) is 16.4. The van der Waals surface area contributed by atoms with Gasteiger partial charge in [0.25, 0.3) is 5.56 Å². The predicted octanol–water partition coefficient (Wildman–Crippen LogP) is -0.0140. The number of hydrogen-bond acceptors (Lipinski definition) is 16. The number of nitrogens with one attached hydrogen (secondary N) is 1. The second kappa shape index (κ2) is 12.1. The molecule has 44 heavy (non-hydrogen) atoms. The number of aromatic amines is 1. The van der Waals surface area contributed by atoms with Crippen molar-refractivity contribution < 1.29 is 37.8 Å². The van der Waals surface area contributed by atoms with Gasteiger partial charge in [-0.25, -0.2) is 24.3 Å². The lowest BCUT2D eigenvalue weighted by molar-refractivity contribution is -0.0417. The summed E-state index contributed by atoms with van der Waals surface area (Å²) in [6.07, 6.45) is -4.01. The van der Waals surface area contributed by atoms with Crippen LogP contribution >= 0.6 is 37.7 Å². The highest BCUT2D eigenvalue weighted by molar-refractivity contribution is 8.39. The molecule has 0 bridgehead atoms. The number of fused-ring (bicyclic) bond motifs is 2. The molecule has 0 aromatic carbocycles. The Morgan fingerprint density at radius 3 is 2.64 bits per heavy atom. The Hall–Kier alpha value is -2.36. The van der Waals surface area contributed by atoms with Crippen molar-refractivity contribution in [2.75, 3.05) is 24.7 Å². The zero-order valence-corrected chi connectivity index (χ0v) is 26.3. The van der Waals surface area contributed by atoms with Gasteiger partial charge in [-0.3, -0.25) is 14.3 Å². The summed E-state index contributed by atoms with van der Waals surface area (Å²) in [5, 5.41) is 20.2. The third kappa shape index (κ3) is 5.62. The van der Waals surface area contributed by atoms with E-state index in [1.807, 2.05) is 0 Å². The van der Waals surface area contributed by atoms with Gasteiger partial charge >= 0.3 is 7.23 Å². The first-order chi connectivity index (χ1) is 20.9. The van der Waals surface area contributed by atoms with Crippen LogP contribution in [0.4, 0.5) is 16.2 Å². The third-order valence-electron chi connectivity index (χ3n) is 7.17. The summed E-state index contributed by atoms with van der Waals surface area (Å²) < 4.78 is 46.1. The highest BCUT2D eigenvalue weighted by Crippen LogP contribution is 2.62. The lowest BCUT2D eigenvalue weighted by atomic mass is 10.1. The van der Waals surface area contributed by atoms with Gasteiger partial charge in [-0.2, -0.15) is 4.98 Å². The van der Waals surface area contributed by atoms with Gasteiger partial charge in [0.15, 0.2) is 41.5 Å². The molecule has 6 rings (SSSR count). The first-order valence-corrected chi connectivity index (χ1v) is 18.6. The Morgan fingerprint density at radius 1 is 1.16 bits per heavy atom. The van der Waals surface area contributed by atoms with Gasteiger partial charge in [0, 0.05) is 0 Å². The molecule has 2 unspecified atom stereocenters. The van der Waals surface area contributed by atoms with Crippen LogP contribution in [0.3, 0.4) is 0 Å². The summed E-state index contributed by atoms with van der Waals surface area (Å²) in [6, 6.07) is 0. The Labute approximate surface area is 260 Å². The molecule has 10 atom stereocenters. The van der Waals surface area contributed by atoms with Gasteiger partial charge in [0.1, 0.15) is 42.9 Å². The lowest BCUT2D eigenvalue weighted by Crippen LogP contribution is -2.35. The van der Waals surface area contributed by atoms with Crippen LogP contribution in [0.5, 0.6) is 0 Å². The number of anilines is 2. The molecule has 0 amide bonds. The molecule has 24 heteroatoms. The van der Waals surface area contributed by atoms with Crippen molar-refractivity contribution in [2.45, 2.75) is 47.0 Å². The third-order valence-corrected chi connectivity index (χ3v) is 12.6. The van der Waals surface area contributed by atoms with Gasteiger partial charge < -0.3 is 40.4 Å². The van der Waals surface area contributed by atoms with E-state index in [9.17, 15) is 24.5 Å². The average molecular weight is 710 g/mol. The Balaban J connectivity index is 1.26. The van der Waals surface area contributed by atoms with E-state index >= 15 is 4.39 Å². The number of rotatable bonds is 9. The van der Waals surface area contributed by atoms with Gasteiger partial charge in [-0.05, 0) is 16.4 Å². The van der Waals surface area contributed by atoms with Gasteiger partial charge in [0.05, 0.1) is 41.6 Å². The molecular weight excluding hydrogens is 685 g/mol. The number of H-pyrrole nitrogens is 1. The largest absolute Gasteiger partial charge is 0.582 e. The zero-order chi connectivity index (χ0) is 31.5. The van der Waals surface area contributed by atoms with Crippen LogP contribution in [0.15, 0.2) is 23.8 Å². The molecule has 236 valence electrons. The summed E-state index contributed by atoms with van der Waals surface area (Å²) in [5.41, 5.74) is 10.1. The topological polar surface area (TPSA) is 265 Å². The van der Waals surface area contributed by atoms with Crippen LogP contribution in [0.2, 0.25) is 0 Å². The van der Waals surface area contributed by atoms with Crippen molar-refractivity contribution in [1.29, 1.82) is 0 Å². The number of aliphatic hydroxyl groups is 2. The quantitative estimate of drug-likeness (QED) is 0.0889. The minimum Gasteiger partial charge on any atom is -0.391 e. The van der Waals surface area contributed by atoms with Gasteiger partial charge in [0.2, 0.25) is 5.95 Å². The monoisotopic (exact) mass is 709 g/mol. The summed E-state index contributed by atoms with van der Waals surface area (Å²) in [4.78, 5) is 46.5. The molecule has 4 aromatic heterocycles. The van der Waals surface area contributed by atoms with E-state index in [1.165, 1.54) is 28.1 Å². The molecular formula is C20H24FN10O8P2S3+. The maximum absolute atomic E-state index is 15.3. The van der Waals surface area contributed by atoms with Crippen molar-refractivity contribution in [2.24, 2.45) is 0 Å². The summed E-state index contributed by atoms with van der Waals surface area (Å²) in [7, 11) is -2.32. The maximum Gasteiger partial charge on any atom is 0.582 e. The molecule has 4 aromatic rings. The van der Waals surface area contributed by atoms with E-state index in [2.05, 4.69) is 42.2 Å². The van der Waals surface area contributed by atoms with Crippen LogP contribution in [-0.2, 0) is 30.2 Å². The van der Waals surface area contributed by atoms with Crippen LogP contribution in [-0.4, -0.2) is 103 Å². The van der Waals surface area contributed by atoms with E-state index in [0.717, 1.165) is 11.8 Å². The molecule has 0 radical (unpaired) electrons. The van der Waals surface area contributed by atoms with Crippen molar-refractivity contribution in [3.63, 3.8) is 0 Å². The van der Waals surface area contributed by atoms with Crippen molar-refractivity contribution in [3.05, 3.63) is 29.3 Å². The minimum absolute atomic E-state index is 0.0486. The summed E-state index contributed by atoms with van der Waals surface area (Å²) in [5.74, 6) is -0.122. The fraction of sp³-hybridized carbons (Fsp3) is 0.500. The van der Waals surface area contributed by atoms with Gasteiger partial charge in [-0.15, -0.1) is 16.3 Å². The molecule has 2 aliphatic rings. The molecule has 2 fully saturated rings. The number of aliphatic hydroxyl groups excluding tert-OH is 2. The van der Waals surface area contributed by atoms with Crippen molar-refractivity contribution >= 4 is 83.6 Å². The summed E-state index contributed by atoms with van der Waals surface area (Å²) >= 11 is 10.3. The van der Waals surface area contributed by atoms with Crippen molar-refractivity contribution in [1.82, 2.24) is 39.0 Å². The van der Waals surface area contributed by atoms with Gasteiger partial charge in [-0.1, -0.05) is 0 Å². The van der Waals surface area contributed by atoms with Crippen LogP contribution in [0.1, 0.15) is 11.6 Å². The zero-order valence-electron chi connectivity index (χ0n) is 22.0. The molecule has 0 aliphatic carbocycles.